The van der Waals surface area contributed by atoms with Gasteiger partial charge in [-0.05, 0) is 72.9 Å². The molecule has 6 nitrogen and oxygen atoms in total. The van der Waals surface area contributed by atoms with Crippen LogP contribution in [-0.2, 0) is 22.4 Å². The smallest absolute Gasteiger partial charge is 0.254 e. The Morgan fingerprint density at radius 3 is 2.03 bits per heavy atom. The molecular weight excluding hydrogens is 464 g/mol. The van der Waals surface area contributed by atoms with Gasteiger partial charge in [-0.2, -0.15) is 0 Å². The van der Waals surface area contributed by atoms with Crippen LogP contribution >= 0.6 is 0 Å². The lowest BCUT2D eigenvalue weighted by Crippen LogP contribution is -2.48. The van der Waals surface area contributed by atoms with Crippen LogP contribution in [0.15, 0.2) is 73.1 Å². The number of aromatic nitrogens is 1. The van der Waals surface area contributed by atoms with Crippen molar-refractivity contribution in [1.29, 1.82) is 0 Å². The van der Waals surface area contributed by atoms with Crippen LogP contribution in [0.2, 0.25) is 0 Å². The SMILES string of the molecule is C.CCC(=O)C(C(=O)CO)N(C)C(=O)c1ccc(C#Cc2ccc(CCCc3cccnc3)cc2)cc1. The summed E-state index contributed by atoms with van der Waals surface area (Å²) in [6.07, 6.45) is 6.82. The van der Waals surface area contributed by atoms with E-state index in [2.05, 4.69) is 35.0 Å². The van der Waals surface area contributed by atoms with Crippen molar-refractivity contribution < 1.29 is 19.5 Å². The summed E-state index contributed by atoms with van der Waals surface area (Å²) < 4.78 is 0. The highest BCUT2D eigenvalue weighted by Gasteiger charge is 2.32. The number of hydrogen-bond donors (Lipinski definition) is 1. The van der Waals surface area contributed by atoms with Gasteiger partial charge in [0.1, 0.15) is 6.61 Å². The summed E-state index contributed by atoms with van der Waals surface area (Å²) in [6.45, 7) is 0.818. The molecule has 1 aromatic heterocycles. The fraction of sp³-hybridized carbons (Fsp3) is 0.290. The van der Waals surface area contributed by atoms with Crippen molar-refractivity contribution in [1.82, 2.24) is 9.88 Å². The summed E-state index contributed by atoms with van der Waals surface area (Å²) in [5.41, 5.74) is 4.47. The van der Waals surface area contributed by atoms with E-state index in [1.807, 2.05) is 24.4 Å². The van der Waals surface area contributed by atoms with Crippen molar-refractivity contribution in [2.24, 2.45) is 0 Å². The van der Waals surface area contributed by atoms with Crippen LogP contribution in [0.3, 0.4) is 0 Å². The lowest BCUT2D eigenvalue weighted by Gasteiger charge is -2.25. The van der Waals surface area contributed by atoms with Crippen LogP contribution in [0.1, 0.15) is 59.8 Å². The van der Waals surface area contributed by atoms with Crippen LogP contribution in [0.5, 0.6) is 0 Å². The van der Waals surface area contributed by atoms with Gasteiger partial charge in [0.05, 0.1) is 0 Å². The van der Waals surface area contributed by atoms with Gasteiger partial charge in [0, 0.05) is 42.6 Å². The fourth-order valence-corrected chi connectivity index (χ4v) is 3.85. The molecule has 1 heterocycles. The van der Waals surface area contributed by atoms with Gasteiger partial charge in [-0.25, -0.2) is 0 Å². The number of carbonyl (C=O) groups excluding carboxylic acids is 3. The first kappa shape index (κ1) is 29.2. The molecule has 3 rings (SSSR count). The molecule has 192 valence electrons. The van der Waals surface area contributed by atoms with E-state index in [-0.39, 0.29) is 13.8 Å². The molecule has 2 aromatic carbocycles. The Balaban J connectivity index is 0.00000481. The van der Waals surface area contributed by atoms with E-state index in [4.69, 9.17) is 0 Å². The molecular formula is C31H34N2O4. The van der Waals surface area contributed by atoms with Gasteiger partial charge in [-0.15, -0.1) is 0 Å². The minimum Gasteiger partial charge on any atom is -0.388 e. The first-order valence-corrected chi connectivity index (χ1v) is 12.0. The van der Waals surface area contributed by atoms with Crippen molar-refractivity contribution in [3.05, 3.63) is 101 Å². The van der Waals surface area contributed by atoms with Gasteiger partial charge in [0.25, 0.3) is 5.91 Å². The lowest BCUT2D eigenvalue weighted by atomic mass is 10.0. The first-order chi connectivity index (χ1) is 17.4. The minimum atomic E-state index is -1.29. The molecule has 0 aliphatic rings. The Morgan fingerprint density at radius 2 is 1.49 bits per heavy atom. The number of aliphatic hydroxyl groups excluding tert-OH is 1. The average Bonchev–Trinajstić information content (AvgIpc) is 2.92. The van der Waals surface area contributed by atoms with E-state index >= 15 is 0 Å². The molecule has 6 heteroatoms. The molecule has 0 aliphatic heterocycles. The van der Waals surface area contributed by atoms with Crippen LogP contribution in [0.25, 0.3) is 0 Å². The van der Waals surface area contributed by atoms with Crippen molar-refractivity contribution in [2.45, 2.75) is 46.1 Å². The fourth-order valence-electron chi connectivity index (χ4n) is 3.85. The Hall–Kier alpha value is -4.08. The zero-order chi connectivity index (χ0) is 25.9. The van der Waals surface area contributed by atoms with Crippen LogP contribution in [0.4, 0.5) is 0 Å². The van der Waals surface area contributed by atoms with Gasteiger partial charge >= 0.3 is 0 Å². The number of benzene rings is 2. The quantitative estimate of drug-likeness (QED) is 0.333. The second-order valence-electron chi connectivity index (χ2n) is 8.50. The lowest BCUT2D eigenvalue weighted by molar-refractivity contribution is -0.134. The highest BCUT2D eigenvalue weighted by Crippen LogP contribution is 2.12. The maximum absolute atomic E-state index is 12.8. The topological polar surface area (TPSA) is 87.6 Å². The maximum Gasteiger partial charge on any atom is 0.254 e. The van der Waals surface area contributed by atoms with Crippen molar-refractivity contribution in [2.75, 3.05) is 13.7 Å². The molecule has 3 aromatic rings. The highest BCUT2D eigenvalue weighted by atomic mass is 16.3. The van der Waals surface area contributed by atoms with Crippen LogP contribution in [-0.4, -0.2) is 52.2 Å². The normalized spacial score (nSPS) is 10.9. The summed E-state index contributed by atoms with van der Waals surface area (Å²) in [7, 11) is 1.39. The first-order valence-electron chi connectivity index (χ1n) is 12.0. The van der Waals surface area contributed by atoms with Crippen molar-refractivity contribution >= 4 is 17.5 Å². The Morgan fingerprint density at radius 1 is 0.892 bits per heavy atom. The number of aliphatic hydroxyl groups is 1. The summed E-state index contributed by atoms with van der Waals surface area (Å²) in [6, 6.07) is 17.6. The van der Waals surface area contributed by atoms with E-state index in [1.54, 1.807) is 37.4 Å². The molecule has 0 bridgehead atoms. The molecule has 37 heavy (non-hydrogen) atoms. The molecule has 0 saturated heterocycles. The number of rotatable bonds is 10. The zero-order valence-electron chi connectivity index (χ0n) is 20.6. The molecule has 1 amide bonds. The zero-order valence-corrected chi connectivity index (χ0v) is 20.6. The number of hydrogen-bond acceptors (Lipinski definition) is 5. The van der Waals surface area contributed by atoms with Gasteiger partial charge in [0.2, 0.25) is 0 Å². The summed E-state index contributed by atoms with van der Waals surface area (Å²) >= 11 is 0. The van der Waals surface area contributed by atoms with E-state index < -0.39 is 30.1 Å². The molecule has 1 unspecified atom stereocenters. The maximum atomic E-state index is 12.8. The highest BCUT2D eigenvalue weighted by molar-refractivity contribution is 6.10. The van der Waals surface area contributed by atoms with Gasteiger partial charge < -0.3 is 10.0 Å². The van der Waals surface area contributed by atoms with Crippen LogP contribution < -0.4 is 0 Å². The van der Waals surface area contributed by atoms with E-state index in [0.29, 0.717) is 5.56 Å². The Kier molecular flexibility index (Phi) is 11.4. The third-order valence-corrected chi connectivity index (χ3v) is 5.91. The third-order valence-electron chi connectivity index (χ3n) is 5.91. The van der Waals surface area contributed by atoms with E-state index in [0.717, 1.165) is 35.3 Å². The standard InChI is InChI=1S/C30H30N2O4.CH4/c1-3-27(34)29(28(35)21-33)32(2)30(36)26-17-15-24(16-18-26)14-13-23-11-9-22(10-12-23)6-4-7-25-8-5-19-31-20-25;/h5,8-12,15-20,29,33H,3-4,6-7,21H2,1-2H3;1H4. The van der Waals surface area contributed by atoms with E-state index in [1.165, 1.54) is 18.2 Å². The second-order valence-corrected chi connectivity index (χ2v) is 8.50. The Bertz CT molecular complexity index is 1220. The number of nitrogens with zero attached hydrogens (tertiary/aromatic N) is 2. The van der Waals surface area contributed by atoms with Crippen LogP contribution in [0, 0.1) is 11.8 Å². The molecule has 1 atom stereocenters. The molecule has 0 aliphatic carbocycles. The van der Waals surface area contributed by atoms with Crippen molar-refractivity contribution in [3.8, 4) is 11.8 Å². The number of Topliss-reactive ketones (excluding diaryl/α,β-unsaturated/α-hetero) is 2. The van der Waals surface area contributed by atoms with Gasteiger partial charge in [0.15, 0.2) is 17.6 Å². The predicted octanol–water partition coefficient (Wildman–Crippen LogP) is 4.27. The Labute approximate surface area is 219 Å². The second kappa shape index (κ2) is 14.5. The number of likely N-dealkylation sites (N-methyl/N-ethyl adjacent to an activating group) is 1. The third kappa shape index (κ3) is 8.23. The van der Waals surface area contributed by atoms with Gasteiger partial charge in [-0.3, -0.25) is 19.4 Å². The summed E-state index contributed by atoms with van der Waals surface area (Å²) in [4.78, 5) is 42.2. The number of aryl methyl sites for hydroxylation is 2. The summed E-state index contributed by atoms with van der Waals surface area (Å²) in [5.74, 6) is 4.65. The van der Waals surface area contributed by atoms with Gasteiger partial charge in [-0.1, -0.05) is 44.4 Å². The predicted molar refractivity (Wildman–Crippen MR) is 145 cm³/mol. The number of pyridine rings is 1. The monoisotopic (exact) mass is 498 g/mol. The van der Waals surface area contributed by atoms with Crippen molar-refractivity contribution in [3.63, 3.8) is 0 Å². The molecule has 0 fully saturated rings. The largest absolute Gasteiger partial charge is 0.388 e. The van der Waals surface area contributed by atoms with E-state index in [9.17, 15) is 19.5 Å². The molecule has 1 N–H and O–H groups in total. The summed E-state index contributed by atoms with van der Waals surface area (Å²) in [5, 5.41) is 9.18. The molecule has 0 spiro atoms. The molecule has 0 radical (unpaired) electrons. The minimum absolute atomic E-state index is 0. The number of amides is 1. The number of carbonyl (C=O) groups is 3. The molecule has 0 saturated carbocycles. The average molecular weight is 499 g/mol. The number of ketones is 2.